The van der Waals surface area contributed by atoms with Gasteiger partial charge in [0.15, 0.2) is 0 Å². The van der Waals surface area contributed by atoms with Crippen LogP contribution in [0.4, 0.5) is 0 Å². The van der Waals surface area contributed by atoms with E-state index in [0.29, 0.717) is 18.9 Å². The molecule has 0 aliphatic carbocycles. The molecule has 1 aliphatic rings. The number of hydrogen-bond donors (Lipinski definition) is 1. The Labute approximate surface area is 148 Å². The third kappa shape index (κ3) is 4.88. The number of pyridine rings is 1. The summed E-state index contributed by atoms with van der Waals surface area (Å²) in [6.45, 7) is 3.44. The fourth-order valence-electron chi connectivity index (χ4n) is 3.22. The Morgan fingerprint density at radius 1 is 1.28 bits per heavy atom. The van der Waals surface area contributed by atoms with E-state index in [4.69, 9.17) is 0 Å². The largest absolute Gasteiger partial charge is 0.355 e. The standard InChI is InChI=1S/C20H22N4O/c21-12-17-5-1-2-6-18(17)15-24-10-8-16(14-24)13-23-20(25)11-19-7-3-4-9-22-19/h1-7,9,16H,8,10-11,13-15H2,(H,23,25). The zero-order valence-corrected chi connectivity index (χ0v) is 14.2. The minimum absolute atomic E-state index is 0.0203. The van der Waals surface area contributed by atoms with Crippen molar-refractivity contribution >= 4 is 5.91 Å². The van der Waals surface area contributed by atoms with Crippen molar-refractivity contribution in [2.24, 2.45) is 5.92 Å². The summed E-state index contributed by atoms with van der Waals surface area (Å²) in [7, 11) is 0. The number of likely N-dealkylation sites (tertiary alicyclic amines) is 1. The van der Waals surface area contributed by atoms with Gasteiger partial charge < -0.3 is 5.32 Å². The molecule has 0 radical (unpaired) electrons. The number of carbonyl (C=O) groups is 1. The Hall–Kier alpha value is -2.71. The molecule has 1 fully saturated rings. The Bertz CT molecular complexity index is 754. The number of nitriles is 1. The number of benzene rings is 1. The molecule has 2 aromatic rings. The summed E-state index contributed by atoms with van der Waals surface area (Å²) in [5, 5.41) is 12.2. The van der Waals surface area contributed by atoms with Gasteiger partial charge in [0.05, 0.1) is 18.1 Å². The molecule has 1 N–H and O–H groups in total. The lowest BCUT2D eigenvalue weighted by molar-refractivity contribution is -0.120. The Morgan fingerprint density at radius 3 is 2.92 bits per heavy atom. The average Bonchev–Trinajstić information content (AvgIpc) is 3.09. The molecule has 128 valence electrons. The van der Waals surface area contributed by atoms with Gasteiger partial charge in [0.25, 0.3) is 0 Å². The number of nitrogens with one attached hydrogen (secondary N) is 1. The quantitative estimate of drug-likeness (QED) is 0.879. The summed E-state index contributed by atoms with van der Waals surface area (Å²) in [5.41, 5.74) is 2.61. The SMILES string of the molecule is N#Cc1ccccc1CN1CCC(CNC(=O)Cc2ccccn2)C1. The number of nitrogens with zero attached hydrogens (tertiary/aromatic N) is 3. The molecule has 2 heterocycles. The van der Waals surface area contributed by atoms with E-state index >= 15 is 0 Å². The second-order valence-electron chi connectivity index (χ2n) is 6.46. The maximum Gasteiger partial charge on any atom is 0.226 e. The highest BCUT2D eigenvalue weighted by molar-refractivity contribution is 5.78. The van der Waals surface area contributed by atoms with Gasteiger partial charge in [0, 0.05) is 31.5 Å². The molecule has 25 heavy (non-hydrogen) atoms. The minimum Gasteiger partial charge on any atom is -0.355 e. The molecular formula is C20H22N4O. The Balaban J connectivity index is 1.44. The van der Waals surface area contributed by atoms with Gasteiger partial charge in [-0.2, -0.15) is 5.26 Å². The zero-order chi connectivity index (χ0) is 17.5. The number of hydrogen-bond acceptors (Lipinski definition) is 4. The van der Waals surface area contributed by atoms with Crippen molar-refractivity contribution < 1.29 is 4.79 Å². The highest BCUT2D eigenvalue weighted by Crippen LogP contribution is 2.19. The molecular weight excluding hydrogens is 312 g/mol. The first-order valence-electron chi connectivity index (χ1n) is 8.61. The van der Waals surface area contributed by atoms with Crippen molar-refractivity contribution in [3.05, 3.63) is 65.5 Å². The van der Waals surface area contributed by atoms with E-state index in [1.54, 1.807) is 6.20 Å². The van der Waals surface area contributed by atoms with E-state index in [9.17, 15) is 10.1 Å². The maximum atomic E-state index is 12.0. The second-order valence-corrected chi connectivity index (χ2v) is 6.46. The van der Waals surface area contributed by atoms with Gasteiger partial charge in [-0.25, -0.2) is 0 Å². The zero-order valence-electron chi connectivity index (χ0n) is 14.2. The first-order valence-corrected chi connectivity index (χ1v) is 8.61. The van der Waals surface area contributed by atoms with E-state index in [2.05, 4.69) is 21.3 Å². The van der Waals surface area contributed by atoms with Crippen LogP contribution in [0.1, 0.15) is 23.2 Å². The van der Waals surface area contributed by atoms with Crippen LogP contribution in [0.3, 0.4) is 0 Å². The molecule has 1 unspecified atom stereocenters. The van der Waals surface area contributed by atoms with Gasteiger partial charge in [0.1, 0.15) is 0 Å². The van der Waals surface area contributed by atoms with Gasteiger partial charge in [-0.15, -0.1) is 0 Å². The number of rotatable bonds is 6. The van der Waals surface area contributed by atoms with Crippen LogP contribution in [0.5, 0.6) is 0 Å². The third-order valence-electron chi connectivity index (χ3n) is 4.56. The predicted molar refractivity (Wildman–Crippen MR) is 95.5 cm³/mol. The summed E-state index contributed by atoms with van der Waals surface area (Å²) in [6, 6.07) is 15.6. The Kier molecular flexibility index (Phi) is 5.76. The van der Waals surface area contributed by atoms with Crippen molar-refractivity contribution in [3.8, 4) is 6.07 Å². The molecule has 1 atom stereocenters. The fourth-order valence-corrected chi connectivity index (χ4v) is 3.22. The van der Waals surface area contributed by atoms with Crippen LogP contribution in [-0.2, 0) is 17.8 Å². The van der Waals surface area contributed by atoms with E-state index in [1.165, 1.54) is 0 Å². The smallest absolute Gasteiger partial charge is 0.226 e. The molecule has 0 bridgehead atoms. The average molecular weight is 334 g/mol. The molecule has 1 aromatic carbocycles. The number of amides is 1. The monoisotopic (exact) mass is 334 g/mol. The van der Waals surface area contributed by atoms with Gasteiger partial charge in [0.2, 0.25) is 5.91 Å². The molecule has 5 nitrogen and oxygen atoms in total. The summed E-state index contributed by atoms with van der Waals surface area (Å²) < 4.78 is 0. The van der Waals surface area contributed by atoms with Crippen LogP contribution in [-0.4, -0.2) is 35.4 Å². The van der Waals surface area contributed by atoms with E-state index in [-0.39, 0.29) is 5.91 Å². The van der Waals surface area contributed by atoms with Gasteiger partial charge in [-0.1, -0.05) is 24.3 Å². The molecule has 0 spiro atoms. The molecule has 1 aromatic heterocycles. The maximum absolute atomic E-state index is 12.0. The highest BCUT2D eigenvalue weighted by atomic mass is 16.1. The number of carbonyl (C=O) groups excluding carboxylic acids is 1. The van der Waals surface area contributed by atoms with Crippen LogP contribution in [0, 0.1) is 17.2 Å². The lowest BCUT2D eigenvalue weighted by Gasteiger charge is -2.17. The molecule has 0 saturated carbocycles. The molecule has 1 saturated heterocycles. The lowest BCUT2D eigenvalue weighted by atomic mass is 10.1. The molecule has 3 rings (SSSR count). The summed E-state index contributed by atoms with van der Waals surface area (Å²) in [6.07, 6.45) is 3.10. The van der Waals surface area contributed by atoms with E-state index in [0.717, 1.165) is 42.9 Å². The van der Waals surface area contributed by atoms with Crippen molar-refractivity contribution in [1.82, 2.24) is 15.2 Å². The first kappa shape index (κ1) is 17.1. The van der Waals surface area contributed by atoms with Gasteiger partial charge in [-0.05, 0) is 42.6 Å². The second kappa shape index (κ2) is 8.41. The van der Waals surface area contributed by atoms with Gasteiger partial charge in [-0.3, -0.25) is 14.7 Å². The van der Waals surface area contributed by atoms with Crippen LogP contribution in [0.15, 0.2) is 48.7 Å². The third-order valence-corrected chi connectivity index (χ3v) is 4.56. The van der Waals surface area contributed by atoms with Crippen molar-refractivity contribution in [1.29, 1.82) is 5.26 Å². The van der Waals surface area contributed by atoms with Crippen molar-refractivity contribution in [2.45, 2.75) is 19.4 Å². The topological polar surface area (TPSA) is 69.0 Å². The number of aromatic nitrogens is 1. The summed E-state index contributed by atoms with van der Waals surface area (Å²) >= 11 is 0. The summed E-state index contributed by atoms with van der Waals surface area (Å²) in [4.78, 5) is 18.6. The van der Waals surface area contributed by atoms with Gasteiger partial charge >= 0.3 is 0 Å². The molecule has 1 amide bonds. The van der Waals surface area contributed by atoms with Crippen LogP contribution in [0.25, 0.3) is 0 Å². The Morgan fingerprint density at radius 2 is 2.12 bits per heavy atom. The van der Waals surface area contributed by atoms with E-state index < -0.39 is 0 Å². The summed E-state index contributed by atoms with van der Waals surface area (Å²) in [5.74, 6) is 0.480. The first-order chi connectivity index (χ1) is 12.2. The van der Waals surface area contributed by atoms with Crippen molar-refractivity contribution in [3.63, 3.8) is 0 Å². The predicted octanol–water partition coefficient (Wildman–Crippen LogP) is 2.13. The fraction of sp³-hybridized carbons (Fsp3) is 0.350. The van der Waals surface area contributed by atoms with Crippen molar-refractivity contribution in [2.75, 3.05) is 19.6 Å². The highest BCUT2D eigenvalue weighted by Gasteiger charge is 2.23. The van der Waals surface area contributed by atoms with Crippen LogP contribution in [0.2, 0.25) is 0 Å². The minimum atomic E-state index is 0.0203. The lowest BCUT2D eigenvalue weighted by Crippen LogP contribution is -2.32. The van der Waals surface area contributed by atoms with E-state index in [1.807, 2.05) is 42.5 Å². The molecule has 5 heteroatoms. The van der Waals surface area contributed by atoms with Crippen LogP contribution < -0.4 is 5.32 Å². The normalized spacial score (nSPS) is 17.2. The molecule has 1 aliphatic heterocycles. The van der Waals surface area contributed by atoms with Crippen LogP contribution >= 0.6 is 0 Å².